The van der Waals surface area contributed by atoms with Crippen LogP contribution >= 0.6 is 0 Å². The summed E-state index contributed by atoms with van der Waals surface area (Å²) in [5.74, 6) is -1.85. The Morgan fingerprint density at radius 3 is 2.42 bits per heavy atom. The van der Waals surface area contributed by atoms with E-state index in [0.717, 1.165) is 12.0 Å². The minimum atomic E-state index is -1.44. The molecule has 244 valence electrons. The molecule has 2 aliphatic rings. The minimum Gasteiger partial charge on any atom is -0.459 e. The molecule has 2 rings (SSSR count). The van der Waals surface area contributed by atoms with Crippen molar-refractivity contribution >= 4 is 17.9 Å². The average Bonchev–Trinajstić information content (AvgIpc) is 3.71. The molecule has 2 heterocycles. The van der Waals surface area contributed by atoms with Gasteiger partial charge in [0.05, 0.1) is 24.7 Å². The van der Waals surface area contributed by atoms with Gasteiger partial charge in [0.25, 0.3) is 0 Å². The van der Waals surface area contributed by atoms with Gasteiger partial charge in [0.15, 0.2) is 0 Å². The first-order chi connectivity index (χ1) is 20.1. The number of ether oxygens (including phenoxy) is 5. The van der Waals surface area contributed by atoms with Crippen molar-refractivity contribution in [3.05, 3.63) is 36.0 Å². The molecule has 0 spiro atoms. The van der Waals surface area contributed by atoms with E-state index in [1.54, 1.807) is 26.2 Å². The van der Waals surface area contributed by atoms with E-state index in [1.807, 2.05) is 39.0 Å². The van der Waals surface area contributed by atoms with E-state index in [-0.39, 0.29) is 61.3 Å². The fourth-order valence-corrected chi connectivity index (χ4v) is 5.67. The van der Waals surface area contributed by atoms with Gasteiger partial charge in [-0.1, -0.05) is 52.0 Å². The van der Waals surface area contributed by atoms with Crippen LogP contribution in [0.4, 0.5) is 0 Å². The Kier molecular flexibility index (Phi) is 14.1. The summed E-state index contributed by atoms with van der Waals surface area (Å²) in [6.45, 7) is 14.0. The molecule has 0 unspecified atom stereocenters. The van der Waals surface area contributed by atoms with Crippen molar-refractivity contribution in [3.8, 4) is 0 Å². The Bertz CT molecular complexity index is 1030. The molecule has 10 nitrogen and oxygen atoms in total. The number of methoxy groups -OCH3 is 1. The summed E-state index contributed by atoms with van der Waals surface area (Å²) in [4.78, 5) is 36.4. The number of epoxide rings is 1. The van der Waals surface area contributed by atoms with Crippen LogP contribution in [0.1, 0.15) is 81.1 Å². The van der Waals surface area contributed by atoms with Crippen LogP contribution in [0.25, 0.3) is 0 Å². The predicted molar refractivity (Wildman–Crippen MR) is 161 cm³/mol. The standard InChI is InChI=1S/C33H52O10/c1-10-26(39-9)22(5)31-32(43-31)30(41-24(7)35)20(3)13-11-12-19(2)29-21(4)14-15-27(40-23(6)34)33(8,38)17-16-25(36)18-28(37)42-29/h11-15,20-22,25-27,29-32,36,38H,10,16-18H2,1-9H3/b13-11+,15-14+,19-12+/t20-,21+,22-,25-,26+,27+,29-,30-,31-,32-,33-/m1/s1. The van der Waals surface area contributed by atoms with Crippen LogP contribution in [0.5, 0.6) is 0 Å². The van der Waals surface area contributed by atoms with Gasteiger partial charge in [0, 0.05) is 38.7 Å². The summed E-state index contributed by atoms with van der Waals surface area (Å²) in [5, 5.41) is 21.4. The Labute approximate surface area is 256 Å². The van der Waals surface area contributed by atoms with Crippen molar-refractivity contribution in [3.63, 3.8) is 0 Å². The van der Waals surface area contributed by atoms with Crippen LogP contribution in [0.3, 0.4) is 0 Å². The summed E-state index contributed by atoms with van der Waals surface area (Å²) in [5.41, 5.74) is -0.701. The predicted octanol–water partition coefficient (Wildman–Crippen LogP) is 4.22. The molecule has 0 aromatic rings. The molecule has 10 heteroatoms. The fraction of sp³-hybridized carbons (Fsp3) is 0.727. The molecule has 1 saturated heterocycles. The maximum Gasteiger partial charge on any atom is 0.309 e. The Balaban J connectivity index is 2.26. The first kappa shape index (κ1) is 36.7. The second-order valence-electron chi connectivity index (χ2n) is 12.3. The van der Waals surface area contributed by atoms with E-state index in [2.05, 4.69) is 13.8 Å². The van der Waals surface area contributed by atoms with Crippen LogP contribution in [-0.2, 0) is 38.1 Å². The number of aliphatic hydroxyl groups is 2. The lowest BCUT2D eigenvalue weighted by molar-refractivity contribution is -0.157. The second-order valence-corrected chi connectivity index (χ2v) is 12.3. The van der Waals surface area contributed by atoms with Gasteiger partial charge in [0.1, 0.15) is 30.0 Å². The molecule has 0 saturated carbocycles. The van der Waals surface area contributed by atoms with Crippen molar-refractivity contribution in [1.82, 2.24) is 0 Å². The monoisotopic (exact) mass is 608 g/mol. The molecule has 0 amide bonds. The number of rotatable bonds is 11. The summed E-state index contributed by atoms with van der Waals surface area (Å²) < 4.78 is 28.4. The molecule has 0 bridgehead atoms. The molecule has 2 aliphatic heterocycles. The first-order valence-electron chi connectivity index (χ1n) is 15.3. The van der Waals surface area contributed by atoms with Crippen molar-refractivity contribution < 1.29 is 48.3 Å². The molecule has 0 aromatic heterocycles. The minimum absolute atomic E-state index is 0.0469. The van der Waals surface area contributed by atoms with Crippen LogP contribution in [0.2, 0.25) is 0 Å². The molecule has 0 aliphatic carbocycles. The van der Waals surface area contributed by atoms with Gasteiger partial charge in [0.2, 0.25) is 0 Å². The van der Waals surface area contributed by atoms with Crippen LogP contribution in [-0.4, -0.2) is 83.6 Å². The molecule has 0 aromatic carbocycles. The quantitative estimate of drug-likeness (QED) is 0.115. The van der Waals surface area contributed by atoms with Crippen molar-refractivity contribution in [2.75, 3.05) is 7.11 Å². The Hall–Kier alpha value is -2.53. The molecule has 2 N–H and O–H groups in total. The SMILES string of the molecule is CC[C@H](OC)[C@@H](C)[C@H]1O[C@@H]1[C@H](OC(C)=O)[C@H](C)/C=C/C=C(\C)[C@H]1OC(=O)C[C@H](O)CC[C@@](C)(O)[C@@H](OC(C)=O)/C=C/[C@@H]1C. The molecule has 43 heavy (non-hydrogen) atoms. The number of carbonyl (C=O) groups is 3. The number of cyclic esters (lactones) is 1. The first-order valence-corrected chi connectivity index (χ1v) is 15.3. The lowest BCUT2D eigenvalue weighted by Crippen LogP contribution is -2.42. The number of esters is 3. The van der Waals surface area contributed by atoms with Gasteiger partial charge in [-0.15, -0.1) is 0 Å². The number of carbonyl (C=O) groups excluding carboxylic acids is 3. The highest BCUT2D eigenvalue weighted by Crippen LogP contribution is 2.39. The van der Waals surface area contributed by atoms with E-state index in [4.69, 9.17) is 23.7 Å². The highest BCUT2D eigenvalue weighted by Gasteiger charge is 2.52. The smallest absolute Gasteiger partial charge is 0.309 e. The topological polar surface area (TPSA) is 141 Å². The zero-order valence-corrected chi connectivity index (χ0v) is 27.1. The third-order valence-corrected chi connectivity index (χ3v) is 8.36. The highest BCUT2D eigenvalue weighted by molar-refractivity contribution is 5.70. The van der Waals surface area contributed by atoms with E-state index >= 15 is 0 Å². The molecular weight excluding hydrogens is 556 g/mol. The third kappa shape index (κ3) is 11.2. The molecule has 1 fully saturated rings. The van der Waals surface area contributed by atoms with Crippen LogP contribution < -0.4 is 0 Å². The molecule has 0 radical (unpaired) electrons. The van der Waals surface area contributed by atoms with Gasteiger partial charge in [-0.3, -0.25) is 14.4 Å². The number of hydrogen-bond acceptors (Lipinski definition) is 10. The van der Waals surface area contributed by atoms with Gasteiger partial charge < -0.3 is 33.9 Å². The number of allylic oxidation sites excluding steroid dienone is 2. The van der Waals surface area contributed by atoms with E-state index < -0.39 is 42.0 Å². The summed E-state index contributed by atoms with van der Waals surface area (Å²) in [6, 6.07) is 0. The van der Waals surface area contributed by atoms with Gasteiger partial charge >= 0.3 is 17.9 Å². The van der Waals surface area contributed by atoms with E-state index in [1.165, 1.54) is 13.8 Å². The Morgan fingerprint density at radius 1 is 1.16 bits per heavy atom. The maximum absolute atomic E-state index is 12.7. The second kappa shape index (κ2) is 16.5. The normalized spacial score (nSPS) is 34.1. The van der Waals surface area contributed by atoms with Crippen molar-refractivity contribution in [1.29, 1.82) is 0 Å². The zero-order valence-electron chi connectivity index (χ0n) is 27.1. The average molecular weight is 609 g/mol. The van der Waals surface area contributed by atoms with Gasteiger partial charge in [-0.05, 0) is 44.8 Å². The van der Waals surface area contributed by atoms with Crippen molar-refractivity contribution in [2.45, 2.75) is 129 Å². The summed E-state index contributed by atoms with van der Waals surface area (Å²) in [6.07, 6.45) is 6.45. The van der Waals surface area contributed by atoms with Gasteiger partial charge in [-0.25, -0.2) is 0 Å². The van der Waals surface area contributed by atoms with Gasteiger partial charge in [-0.2, -0.15) is 0 Å². The third-order valence-electron chi connectivity index (χ3n) is 8.36. The number of hydrogen-bond donors (Lipinski definition) is 2. The number of aliphatic hydroxyl groups excluding tert-OH is 1. The maximum atomic E-state index is 12.7. The van der Waals surface area contributed by atoms with E-state index in [0.29, 0.717) is 0 Å². The lowest BCUT2D eigenvalue weighted by Gasteiger charge is -2.32. The van der Waals surface area contributed by atoms with E-state index in [9.17, 15) is 24.6 Å². The van der Waals surface area contributed by atoms with Crippen LogP contribution in [0.15, 0.2) is 36.0 Å². The summed E-state index contributed by atoms with van der Waals surface area (Å²) >= 11 is 0. The largest absolute Gasteiger partial charge is 0.459 e. The molecular formula is C33H52O10. The fourth-order valence-electron chi connectivity index (χ4n) is 5.67. The van der Waals surface area contributed by atoms with Crippen LogP contribution in [0, 0.1) is 17.8 Å². The summed E-state index contributed by atoms with van der Waals surface area (Å²) in [7, 11) is 1.69. The van der Waals surface area contributed by atoms with Crippen molar-refractivity contribution in [2.24, 2.45) is 17.8 Å². The highest BCUT2D eigenvalue weighted by atomic mass is 16.6. The Morgan fingerprint density at radius 2 is 1.84 bits per heavy atom. The molecule has 11 atom stereocenters. The lowest BCUT2D eigenvalue weighted by atomic mass is 9.88. The zero-order chi connectivity index (χ0) is 32.5.